The SMILES string of the molecule is CC(C)(O)c1ncc(C(CNC(=O)OCc2ccccc2)/C(C=N)=C/Nc2c3c(cc4c2CCC4)CCC3)s1. The summed E-state index contributed by atoms with van der Waals surface area (Å²) in [6, 6.07) is 11.9. The maximum Gasteiger partial charge on any atom is 0.407 e. The molecular weight excluding hydrogens is 508 g/mol. The van der Waals surface area contributed by atoms with E-state index in [1.165, 1.54) is 58.3 Å². The van der Waals surface area contributed by atoms with Crippen LogP contribution in [0.1, 0.15) is 70.3 Å². The van der Waals surface area contributed by atoms with Crippen LogP contribution in [-0.2, 0) is 42.6 Å². The van der Waals surface area contributed by atoms with E-state index < -0.39 is 11.7 Å². The first kappa shape index (κ1) is 27.1. The molecule has 1 atom stereocenters. The zero-order valence-electron chi connectivity index (χ0n) is 22.5. The summed E-state index contributed by atoms with van der Waals surface area (Å²) in [5.74, 6) is -0.335. The van der Waals surface area contributed by atoms with Crippen molar-refractivity contribution in [1.29, 1.82) is 5.41 Å². The van der Waals surface area contributed by atoms with E-state index in [1.807, 2.05) is 36.5 Å². The Balaban J connectivity index is 1.38. The number of alkyl carbamates (subject to hydrolysis) is 1. The number of aliphatic hydroxyl groups is 1. The van der Waals surface area contributed by atoms with Gasteiger partial charge in [0.15, 0.2) is 0 Å². The minimum Gasteiger partial charge on any atom is -0.445 e. The Morgan fingerprint density at radius 2 is 1.85 bits per heavy atom. The Bertz CT molecular complexity index is 1340. The van der Waals surface area contributed by atoms with E-state index in [2.05, 4.69) is 21.7 Å². The van der Waals surface area contributed by atoms with Crippen molar-refractivity contribution in [3.05, 3.63) is 92.1 Å². The van der Waals surface area contributed by atoms with Gasteiger partial charge in [0.1, 0.15) is 17.2 Å². The molecule has 1 amide bonds. The van der Waals surface area contributed by atoms with Gasteiger partial charge in [0.2, 0.25) is 0 Å². The third kappa shape index (κ3) is 6.23. The lowest BCUT2D eigenvalue weighted by molar-refractivity contribution is 0.0783. The standard InChI is InChI=1S/C31H36N4O3S/c1-31(2,37)29-34-18-27(39-29)26(17-35-30(36)38-19-20-8-4-3-5-9-20)23(15-32)16-33-28-24-12-6-10-21(24)14-22-11-7-13-25(22)28/h3-5,8-9,14-16,18,26,32-33,37H,6-7,10-13,17,19H2,1-2H3,(H,35,36)/b23-16+,32-15?. The van der Waals surface area contributed by atoms with Crippen LogP contribution in [0.3, 0.4) is 0 Å². The summed E-state index contributed by atoms with van der Waals surface area (Å²) < 4.78 is 5.42. The fraction of sp³-hybridized carbons (Fsp3) is 0.387. The number of amides is 1. The number of aryl methyl sites for hydroxylation is 2. The van der Waals surface area contributed by atoms with E-state index in [4.69, 9.17) is 10.1 Å². The predicted octanol–water partition coefficient (Wildman–Crippen LogP) is 6.00. The number of carbonyl (C=O) groups is 1. The minimum absolute atomic E-state index is 0.180. The third-order valence-electron chi connectivity index (χ3n) is 7.48. The van der Waals surface area contributed by atoms with Crippen molar-refractivity contribution < 1.29 is 14.6 Å². The molecular formula is C31H36N4O3S. The number of thiazole rings is 1. The number of nitrogens with zero attached hydrogens (tertiary/aromatic N) is 1. The average molecular weight is 545 g/mol. The van der Waals surface area contributed by atoms with Crippen LogP contribution in [0.4, 0.5) is 10.5 Å². The molecule has 1 heterocycles. The Kier molecular flexibility index (Phi) is 8.14. The Morgan fingerprint density at radius 1 is 1.15 bits per heavy atom. The zero-order chi connectivity index (χ0) is 27.4. The molecule has 39 heavy (non-hydrogen) atoms. The molecule has 0 fully saturated rings. The number of nitrogens with one attached hydrogen (secondary N) is 3. The van der Waals surface area contributed by atoms with Crippen LogP contribution in [0.2, 0.25) is 0 Å². The van der Waals surface area contributed by atoms with Crippen molar-refractivity contribution in [3.8, 4) is 0 Å². The van der Waals surface area contributed by atoms with Crippen molar-refractivity contribution in [1.82, 2.24) is 10.3 Å². The number of hydrogen-bond donors (Lipinski definition) is 4. The van der Waals surface area contributed by atoms with Crippen LogP contribution < -0.4 is 10.6 Å². The molecule has 7 nitrogen and oxygen atoms in total. The Labute approximate surface area is 233 Å². The molecule has 2 aromatic carbocycles. The van der Waals surface area contributed by atoms with Crippen molar-refractivity contribution in [2.24, 2.45) is 0 Å². The summed E-state index contributed by atoms with van der Waals surface area (Å²) in [6.45, 7) is 3.82. The molecule has 0 spiro atoms. The maximum absolute atomic E-state index is 12.6. The Morgan fingerprint density at radius 3 is 2.46 bits per heavy atom. The summed E-state index contributed by atoms with van der Waals surface area (Å²) in [7, 11) is 0. The molecule has 3 aromatic rings. The maximum atomic E-state index is 12.6. The molecule has 0 saturated carbocycles. The lowest BCUT2D eigenvalue weighted by Crippen LogP contribution is -2.30. The highest BCUT2D eigenvalue weighted by Gasteiger charge is 2.27. The number of rotatable bonds is 10. The predicted molar refractivity (Wildman–Crippen MR) is 156 cm³/mol. The van der Waals surface area contributed by atoms with E-state index in [1.54, 1.807) is 20.0 Å². The molecule has 0 saturated heterocycles. The molecule has 8 heteroatoms. The zero-order valence-corrected chi connectivity index (χ0v) is 23.4. The number of ether oxygens (including phenoxy) is 1. The lowest BCUT2D eigenvalue weighted by Gasteiger charge is -2.19. The van der Waals surface area contributed by atoms with Crippen LogP contribution in [0.15, 0.2) is 54.4 Å². The minimum atomic E-state index is -1.08. The highest BCUT2D eigenvalue weighted by atomic mass is 32.1. The summed E-state index contributed by atoms with van der Waals surface area (Å²) in [6.07, 6.45) is 11.2. The summed E-state index contributed by atoms with van der Waals surface area (Å²) >= 11 is 1.39. The fourth-order valence-corrected chi connectivity index (χ4v) is 6.51. The van der Waals surface area contributed by atoms with Gasteiger partial charge in [-0.15, -0.1) is 11.3 Å². The number of benzene rings is 2. The molecule has 1 aromatic heterocycles. The van der Waals surface area contributed by atoms with Crippen LogP contribution in [0, 0.1) is 5.41 Å². The van der Waals surface area contributed by atoms with Crippen molar-refractivity contribution >= 4 is 29.3 Å². The first-order valence-corrected chi connectivity index (χ1v) is 14.4. The number of fused-ring (bicyclic) bond motifs is 2. The molecule has 2 aliphatic rings. The second-order valence-corrected chi connectivity index (χ2v) is 11.9. The smallest absolute Gasteiger partial charge is 0.407 e. The molecule has 1 unspecified atom stereocenters. The van der Waals surface area contributed by atoms with Gasteiger partial charge in [0, 0.05) is 41.6 Å². The number of anilines is 1. The average Bonchev–Trinajstić information content (AvgIpc) is 3.70. The topological polar surface area (TPSA) is 107 Å². The summed E-state index contributed by atoms with van der Waals surface area (Å²) in [4.78, 5) is 17.9. The van der Waals surface area contributed by atoms with E-state index in [0.717, 1.165) is 36.1 Å². The lowest BCUT2D eigenvalue weighted by atomic mass is 9.97. The highest BCUT2D eigenvalue weighted by Crippen LogP contribution is 2.39. The van der Waals surface area contributed by atoms with Gasteiger partial charge in [-0.25, -0.2) is 9.78 Å². The van der Waals surface area contributed by atoms with E-state index in [0.29, 0.717) is 10.6 Å². The third-order valence-corrected chi connectivity index (χ3v) is 8.90. The van der Waals surface area contributed by atoms with E-state index in [-0.39, 0.29) is 19.1 Å². The molecule has 2 aliphatic carbocycles. The second-order valence-electron chi connectivity index (χ2n) is 10.8. The van der Waals surface area contributed by atoms with Gasteiger partial charge in [0.05, 0.1) is 0 Å². The molecule has 0 aliphatic heterocycles. The van der Waals surface area contributed by atoms with Gasteiger partial charge in [-0.1, -0.05) is 36.4 Å². The molecule has 0 radical (unpaired) electrons. The van der Waals surface area contributed by atoms with Crippen LogP contribution in [-0.4, -0.2) is 28.9 Å². The van der Waals surface area contributed by atoms with E-state index >= 15 is 0 Å². The second kappa shape index (κ2) is 11.7. The van der Waals surface area contributed by atoms with Gasteiger partial charge in [-0.2, -0.15) is 0 Å². The van der Waals surface area contributed by atoms with Crippen LogP contribution >= 0.6 is 11.3 Å². The Hall–Kier alpha value is -3.49. The summed E-state index contributed by atoms with van der Waals surface area (Å²) in [5, 5.41) is 25.8. The number of carbonyl (C=O) groups excluding carboxylic acids is 1. The molecule has 4 N–H and O–H groups in total. The van der Waals surface area contributed by atoms with Crippen molar-refractivity contribution in [3.63, 3.8) is 0 Å². The number of hydrogen-bond acceptors (Lipinski definition) is 7. The quantitative estimate of drug-likeness (QED) is 0.234. The summed E-state index contributed by atoms with van der Waals surface area (Å²) in [5.41, 5.74) is 7.44. The largest absolute Gasteiger partial charge is 0.445 e. The van der Waals surface area contributed by atoms with Gasteiger partial charge in [-0.3, -0.25) is 0 Å². The van der Waals surface area contributed by atoms with Gasteiger partial charge in [-0.05, 0) is 85.8 Å². The monoisotopic (exact) mass is 544 g/mol. The first-order chi connectivity index (χ1) is 18.8. The van der Waals surface area contributed by atoms with Crippen LogP contribution in [0.25, 0.3) is 0 Å². The van der Waals surface area contributed by atoms with Crippen LogP contribution in [0.5, 0.6) is 0 Å². The van der Waals surface area contributed by atoms with Crippen molar-refractivity contribution in [2.75, 3.05) is 11.9 Å². The first-order valence-electron chi connectivity index (χ1n) is 13.6. The molecule has 5 rings (SSSR count). The number of aromatic nitrogens is 1. The van der Waals surface area contributed by atoms with Crippen molar-refractivity contribution in [2.45, 2.75) is 70.5 Å². The van der Waals surface area contributed by atoms with E-state index in [9.17, 15) is 9.90 Å². The van der Waals surface area contributed by atoms with Gasteiger partial charge in [0.25, 0.3) is 0 Å². The molecule has 204 valence electrons. The fourth-order valence-electron chi connectivity index (χ4n) is 5.46. The highest BCUT2D eigenvalue weighted by molar-refractivity contribution is 7.11. The normalized spacial score (nSPS) is 15.4. The van der Waals surface area contributed by atoms with Gasteiger partial charge >= 0.3 is 6.09 Å². The van der Waals surface area contributed by atoms with Gasteiger partial charge < -0.3 is 25.9 Å². The molecule has 0 bridgehead atoms.